The summed E-state index contributed by atoms with van der Waals surface area (Å²) in [6.45, 7) is 3.94. The predicted octanol–water partition coefficient (Wildman–Crippen LogP) is 4.09. The Balaban J connectivity index is 1.42. The quantitative estimate of drug-likeness (QED) is 0.380. The molecule has 0 amide bonds. The van der Waals surface area contributed by atoms with Gasteiger partial charge in [-0.3, -0.25) is 4.57 Å². The van der Waals surface area contributed by atoms with E-state index in [0.29, 0.717) is 36.2 Å². The molecule has 1 saturated heterocycles. The van der Waals surface area contributed by atoms with E-state index in [1.165, 1.54) is 29.5 Å². The van der Waals surface area contributed by atoms with Crippen molar-refractivity contribution in [3.05, 3.63) is 71.0 Å². The minimum absolute atomic E-state index is 0.0866. The molecule has 2 aromatic heterocycles. The van der Waals surface area contributed by atoms with E-state index in [-0.39, 0.29) is 11.9 Å². The summed E-state index contributed by atoms with van der Waals surface area (Å²) in [5, 5.41) is 18.2. The standard InChI is InChI=1S/C24H26FN7OS/c1-16-4-2-5-18(12-16)13-32-22(26)21(27-30-32)23-28-29-24(31(23)14-20-6-3-11-33-20)34-15-17-7-9-19(25)10-8-17/h2,4-5,7-10,12,20H,3,6,11,13-15,26H2,1H3/t20-/m0/s1. The van der Waals surface area contributed by atoms with Crippen LogP contribution >= 0.6 is 11.8 Å². The molecule has 4 aromatic rings. The molecule has 34 heavy (non-hydrogen) atoms. The lowest BCUT2D eigenvalue weighted by Crippen LogP contribution is -2.17. The highest BCUT2D eigenvalue weighted by Gasteiger charge is 2.25. The molecule has 2 aromatic carbocycles. The Bertz CT molecular complexity index is 1260. The molecule has 0 unspecified atom stereocenters. The summed E-state index contributed by atoms with van der Waals surface area (Å²) in [5.74, 6) is 1.41. The van der Waals surface area contributed by atoms with Gasteiger partial charge in [0, 0.05) is 12.4 Å². The second-order valence-electron chi connectivity index (χ2n) is 8.44. The van der Waals surface area contributed by atoms with Crippen LogP contribution in [0.1, 0.15) is 29.5 Å². The van der Waals surface area contributed by atoms with Crippen LogP contribution in [0.2, 0.25) is 0 Å². The summed E-state index contributed by atoms with van der Waals surface area (Å²) in [4.78, 5) is 0. The van der Waals surface area contributed by atoms with E-state index in [4.69, 9.17) is 10.5 Å². The SMILES string of the molecule is Cc1cccc(Cn2nnc(-c3nnc(SCc4ccc(F)cc4)n3C[C@@H]3CCCO3)c2N)c1. The summed E-state index contributed by atoms with van der Waals surface area (Å²) < 4.78 is 22.8. The van der Waals surface area contributed by atoms with Gasteiger partial charge in [-0.25, -0.2) is 9.07 Å². The third-order valence-electron chi connectivity index (χ3n) is 5.81. The molecular formula is C24H26FN7OS. The lowest BCUT2D eigenvalue weighted by molar-refractivity contribution is 0.0953. The fourth-order valence-electron chi connectivity index (χ4n) is 4.04. The first-order valence-corrected chi connectivity index (χ1v) is 12.2. The number of hydrogen-bond donors (Lipinski definition) is 1. The van der Waals surface area contributed by atoms with Gasteiger partial charge in [0.1, 0.15) is 5.82 Å². The fourth-order valence-corrected chi connectivity index (χ4v) is 4.94. The van der Waals surface area contributed by atoms with Gasteiger partial charge in [0.25, 0.3) is 0 Å². The molecule has 2 N–H and O–H groups in total. The summed E-state index contributed by atoms with van der Waals surface area (Å²) in [6.07, 6.45) is 2.10. The van der Waals surface area contributed by atoms with Crippen molar-refractivity contribution in [3.8, 4) is 11.5 Å². The Kier molecular flexibility index (Phi) is 6.59. The second-order valence-corrected chi connectivity index (χ2v) is 9.38. The normalized spacial score (nSPS) is 15.8. The second kappa shape index (κ2) is 9.94. The average molecular weight is 480 g/mol. The molecule has 176 valence electrons. The lowest BCUT2D eigenvalue weighted by Gasteiger charge is -2.14. The van der Waals surface area contributed by atoms with Gasteiger partial charge < -0.3 is 10.5 Å². The number of hydrogen-bond acceptors (Lipinski definition) is 7. The number of rotatable bonds is 8. The van der Waals surface area contributed by atoms with Crippen molar-refractivity contribution in [1.82, 2.24) is 29.8 Å². The van der Waals surface area contributed by atoms with Gasteiger partial charge in [-0.05, 0) is 43.0 Å². The number of ether oxygens (including phenoxy) is 1. The molecule has 0 aliphatic carbocycles. The highest BCUT2D eigenvalue weighted by atomic mass is 32.2. The maximum atomic E-state index is 13.3. The number of nitrogens with two attached hydrogens (primary N) is 1. The zero-order valence-electron chi connectivity index (χ0n) is 18.9. The Morgan fingerprint density at radius 2 is 1.97 bits per heavy atom. The topological polar surface area (TPSA) is 96.7 Å². The number of anilines is 1. The van der Waals surface area contributed by atoms with E-state index in [9.17, 15) is 4.39 Å². The monoisotopic (exact) mass is 479 g/mol. The van der Waals surface area contributed by atoms with E-state index in [1.54, 1.807) is 16.8 Å². The first-order valence-electron chi connectivity index (χ1n) is 11.2. The van der Waals surface area contributed by atoms with Crippen LogP contribution in [0.4, 0.5) is 10.2 Å². The van der Waals surface area contributed by atoms with Crippen LogP contribution in [-0.4, -0.2) is 42.5 Å². The molecule has 8 nitrogen and oxygen atoms in total. The zero-order chi connectivity index (χ0) is 23.5. The van der Waals surface area contributed by atoms with Crippen LogP contribution in [0.15, 0.2) is 53.7 Å². The number of benzene rings is 2. The van der Waals surface area contributed by atoms with E-state index >= 15 is 0 Å². The number of nitrogen functional groups attached to an aromatic ring is 1. The van der Waals surface area contributed by atoms with Crippen molar-refractivity contribution in [1.29, 1.82) is 0 Å². The van der Waals surface area contributed by atoms with E-state index in [1.807, 2.05) is 16.7 Å². The van der Waals surface area contributed by atoms with Gasteiger partial charge in [-0.1, -0.05) is 58.9 Å². The van der Waals surface area contributed by atoms with E-state index in [2.05, 4.69) is 39.6 Å². The molecule has 1 aliphatic heterocycles. The number of aromatic nitrogens is 6. The van der Waals surface area contributed by atoms with Crippen LogP contribution in [0.3, 0.4) is 0 Å². The summed E-state index contributed by atoms with van der Waals surface area (Å²) in [5.41, 5.74) is 10.3. The Morgan fingerprint density at radius 1 is 1.12 bits per heavy atom. The van der Waals surface area contributed by atoms with Gasteiger partial charge >= 0.3 is 0 Å². The zero-order valence-corrected chi connectivity index (χ0v) is 19.7. The van der Waals surface area contributed by atoms with E-state index < -0.39 is 0 Å². The van der Waals surface area contributed by atoms with Gasteiger partial charge in [0.15, 0.2) is 22.5 Å². The van der Waals surface area contributed by atoms with Gasteiger partial charge in [-0.2, -0.15) is 0 Å². The Hall–Kier alpha value is -3.24. The van der Waals surface area contributed by atoms with Crippen LogP contribution in [0, 0.1) is 12.7 Å². The molecule has 1 atom stereocenters. The molecular weight excluding hydrogens is 453 g/mol. The summed E-state index contributed by atoms with van der Waals surface area (Å²) in [6, 6.07) is 14.7. The molecule has 0 spiro atoms. The van der Waals surface area contributed by atoms with Crippen molar-refractivity contribution >= 4 is 17.6 Å². The first-order chi connectivity index (χ1) is 16.6. The van der Waals surface area contributed by atoms with Gasteiger partial charge in [-0.15, -0.1) is 15.3 Å². The minimum atomic E-state index is -0.248. The number of halogens is 1. The Morgan fingerprint density at radius 3 is 2.74 bits per heavy atom. The Labute approximate surface area is 201 Å². The maximum Gasteiger partial charge on any atom is 0.191 e. The first kappa shape index (κ1) is 22.5. The predicted molar refractivity (Wildman–Crippen MR) is 129 cm³/mol. The molecule has 1 aliphatic rings. The summed E-state index contributed by atoms with van der Waals surface area (Å²) in [7, 11) is 0. The molecule has 5 rings (SSSR count). The molecule has 1 fully saturated rings. The van der Waals surface area contributed by atoms with Crippen molar-refractivity contribution in [2.45, 2.75) is 49.9 Å². The highest BCUT2D eigenvalue weighted by Crippen LogP contribution is 2.30. The van der Waals surface area contributed by atoms with Crippen LogP contribution in [-0.2, 0) is 23.6 Å². The smallest absolute Gasteiger partial charge is 0.191 e. The van der Waals surface area contributed by atoms with Gasteiger partial charge in [0.2, 0.25) is 0 Å². The third kappa shape index (κ3) is 4.97. The molecule has 0 bridgehead atoms. The fraction of sp³-hybridized carbons (Fsp3) is 0.333. The molecule has 10 heteroatoms. The number of aryl methyl sites for hydroxylation is 1. The summed E-state index contributed by atoms with van der Waals surface area (Å²) >= 11 is 1.54. The van der Waals surface area contributed by atoms with Crippen molar-refractivity contribution in [2.75, 3.05) is 12.3 Å². The van der Waals surface area contributed by atoms with Crippen LogP contribution in [0.5, 0.6) is 0 Å². The van der Waals surface area contributed by atoms with Crippen molar-refractivity contribution < 1.29 is 9.13 Å². The molecule has 3 heterocycles. The third-order valence-corrected chi connectivity index (χ3v) is 6.85. The number of thioether (sulfide) groups is 1. The van der Waals surface area contributed by atoms with Crippen LogP contribution < -0.4 is 5.73 Å². The molecule has 0 radical (unpaired) electrons. The lowest BCUT2D eigenvalue weighted by atomic mass is 10.1. The maximum absolute atomic E-state index is 13.3. The van der Waals surface area contributed by atoms with Crippen molar-refractivity contribution in [3.63, 3.8) is 0 Å². The number of nitrogens with zero attached hydrogens (tertiary/aromatic N) is 6. The highest BCUT2D eigenvalue weighted by molar-refractivity contribution is 7.98. The van der Waals surface area contributed by atoms with Gasteiger partial charge in [0.05, 0.1) is 19.2 Å². The van der Waals surface area contributed by atoms with E-state index in [0.717, 1.165) is 35.7 Å². The van der Waals surface area contributed by atoms with Crippen molar-refractivity contribution in [2.24, 2.45) is 0 Å². The average Bonchev–Trinajstić information content (AvgIpc) is 3.56. The minimum Gasteiger partial charge on any atom is -0.382 e. The van der Waals surface area contributed by atoms with Crippen LogP contribution in [0.25, 0.3) is 11.5 Å². The largest absolute Gasteiger partial charge is 0.382 e. The molecule has 0 saturated carbocycles.